The third-order valence-corrected chi connectivity index (χ3v) is 0.761. The van der Waals surface area contributed by atoms with Gasteiger partial charge in [0.1, 0.15) is 0 Å². The van der Waals surface area contributed by atoms with Crippen LogP contribution in [0.1, 0.15) is 0 Å². The molecule has 0 nitrogen and oxygen atoms in total. The molecule has 0 aromatic carbocycles. The number of alkyl halides is 6. The van der Waals surface area contributed by atoms with Gasteiger partial charge in [0.2, 0.25) is 0 Å². The van der Waals surface area contributed by atoms with Crippen LogP contribution in [0.3, 0.4) is 0 Å². The zero-order valence-electron chi connectivity index (χ0n) is 4.42. The van der Waals surface area contributed by atoms with E-state index in [1.54, 1.807) is 0 Å². The van der Waals surface area contributed by atoms with Gasteiger partial charge in [-0.2, -0.15) is 0 Å². The van der Waals surface area contributed by atoms with Crippen LogP contribution in [0.5, 0.6) is 0 Å². The monoisotopic (exact) mass is 371 g/mol. The third-order valence-electron chi connectivity index (χ3n) is 0.254. The molecule has 0 aliphatic carbocycles. The average molecular weight is 370 g/mol. The summed E-state index contributed by atoms with van der Waals surface area (Å²) < 4.78 is 64.9. The molecule has 0 saturated carbocycles. The van der Waals surface area contributed by atoms with Crippen molar-refractivity contribution >= 4 is 8.58 Å². The van der Waals surface area contributed by atoms with Gasteiger partial charge in [0.15, 0.2) is 0 Å². The fourth-order valence-corrected chi connectivity index (χ4v) is 0.431. The first-order chi connectivity index (χ1) is 3.71. The van der Waals surface area contributed by atoms with Gasteiger partial charge in [-0.1, -0.05) is 0 Å². The summed E-state index contributed by atoms with van der Waals surface area (Å²) in [6.45, 7) is 0. The van der Waals surface area contributed by atoms with Crippen molar-refractivity contribution in [2.75, 3.05) is 0 Å². The van der Waals surface area contributed by atoms with Crippen LogP contribution in [-0.2, 0) is 27.7 Å². The smallest absolute Gasteiger partial charge is 0.308 e. The summed E-state index contributed by atoms with van der Waals surface area (Å²) in [4.78, 5) is 0. The Labute approximate surface area is 74.6 Å². The van der Waals surface area contributed by atoms with E-state index in [1.165, 1.54) is 0 Å². The molecule has 0 amide bonds. The van der Waals surface area contributed by atoms with Crippen molar-refractivity contribution in [2.24, 2.45) is 0 Å². The van der Waals surface area contributed by atoms with Gasteiger partial charge in [-0.3, -0.25) is 0 Å². The van der Waals surface area contributed by atoms with Crippen LogP contribution in [0.25, 0.3) is 0 Å². The van der Waals surface area contributed by atoms with Gasteiger partial charge in [-0.25, -0.2) is 26.3 Å². The maximum atomic E-state index is 10.8. The van der Waals surface area contributed by atoms with Gasteiger partial charge < -0.3 is 8.58 Å². The molecule has 0 spiro atoms. The summed E-state index contributed by atoms with van der Waals surface area (Å²) in [7, 11) is -2.47. The molecule has 0 unspecified atom stereocenters. The first-order valence-electron chi connectivity index (χ1n) is 1.58. The Morgan fingerprint density at radius 1 is 0.700 bits per heavy atom. The van der Waals surface area contributed by atoms with Crippen LogP contribution in [-0.4, -0.2) is 11.8 Å². The van der Waals surface area contributed by atoms with Gasteiger partial charge in [0.25, 0.3) is 11.8 Å². The average Bonchev–Trinajstić information content (AvgIpc) is 1.14. The van der Waals surface area contributed by atoms with E-state index in [1.807, 2.05) is 0 Å². The summed E-state index contributed by atoms with van der Waals surface area (Å²) in [6.07, 6.45) is 0. The van der Waals surface area contributed by atoms with E-state index in [2.05, 4.69) is 0 Å². The molecule has 0 aromatic rings. The SMILES string of the molecule is FC(F)(F)[P-]C(F)(F)F.[Hg+]. The van der Waals surface area contributed by atoms with Gasteiger partial charge in [0, 0.05) is 0 Å². The number of hydrogen-bond donors (Lipinski definition) is 0. The van der Waals surface area contributed by atoms with Crippen molar-refractivity contribution in [2.45, 2.75) is 11.8 Å². The molecule has 0 aliphatic rings. The van der Waals surface area contributed by atoms with Crippen LogP contribution < -0.4 is 0 Å². The topological polar surface area (TPSA) is 0 Å². The zero-order chi connectivity index (χ0) is 7.71. The third kappa shape index (κ3) is 11.7. The van der Waals surface area contributed by atoms with Gasteiger partial charge in [-0.15, -0.1) is 0 Å². The normalized spacial score (nSPS) is 12.6. The Bertz CT molecular complexity index is 80.9. The van der Waals surface area contributed by atoms with Crippen molar-refractivity contribution < 1.29 is 54.0 Å². The van der Waals surface area contributed by atoms with E-state index >= 15 is 0 Å². The number of halogens is 6. The number of hydrogen-bond acceptors (Lipinski definition) is 0. The quantitative estimate of drug-likeness (QED) is 0.350. The molecular formula is C2F6HgP. The molecule has 1 radical (unpaired) electrons. The maximum absolute atomic E-state index is 10.8. The summed E-state index contributed by atoms with van der Waals surface area (Å²) in [5.74, 6) is -10.3. The molecule has 0 N–H and O–H groups in total. The van der Waals surface area contributed by atoms with Crippen LogP contribution in [0.4, 0.5) is 26.3 Å². The Hall–Kier alpha value is 0.945. The predicted octanol–water partition coefficient (Wildman–Crippen LogP) is 2.97. The molecule has 8 heteroatoms. The fraction of sp³-hybridized carbons (Fsp3) is 1.00. The summed E-state index contributed by atoms with van der Waals surface area (Å²) in [6, 6.07) is 0. The molecule has 0 fully saturated rings. The predicted molar refractivity (Wildman–Crippen MR) is 19.0 cm³/mol. The van der Waals surface area contributed by atoms with E-state index in [4.69, 9.17) is 0 Å². The molecular weight excluding hydrogens is 370 g/mol. The van der Waals surface area contributed by atoms with Gasteiger partial charge in [0.05, 0.1) is 0 Å². The van der Waals surface area contributed by atoms with Crippen molar-refractivity contribution in [3.05, 3.63) is 0 Å². The Kier molecular flexibility index (Phi) is 5.54. The van der Waals surface area contributed by atoms with Crippen LogP contribution in [0, 0.1) is 0 Å². The van der Waals surface area contributed by atoms with Crippen LogP contribution in [0.15, 0.2) is 0 Å². The van der Waals surface area contributed by atoms with Crippen LogP contribution in [0.2, 0.25) is 0 Å². The minimum absolute atomic E-state index is 0. The standard InChI is InChI=1S/C2F6P.Hg/c3-1(4,5)9-2(6,7)8;/q-1;+1. The molecule has 57 valence electrons. The van der Waals surface area contributed by atoms with Crippen molar-refractivity contribution in [3.63, 3.8) is 0 Å². The molecule has 0 heterocycles. The molecule has 0 bridgehead atoms. The zero-order valence-corrected chi connectivity index (χ0v) is 10.8. The summed E-state index contributed by atoms with van der Waals surface area (Å²) in [5, 5.41) is 0. The minimum atomic E-state index is -5.17. The van der Waals surface area contributed by atoms with Gasteiger partial charge >= 0.3 is 27.7 Å². The molecule has 0 aliphatic heterocycles. The Balaban J connectivity index is 0. The molecule has 10 heavy (non-hydrogen) atoms. The van der Waals surface area contributed by atoms with Crippen molar-refractivity contribution in [3.8, 4) is 0 Å². The van der Waals surface area contributed by atoms with E-state index < -0.39 is 20.4 Å². The first kappa shape index (κ1) is 13.5. The second-order valence-electron chi connectivity index (χ2n) is 1.05. The van der Waals surface area contributed by atoms with E-state index in [0.717, 1.165) is 0 Å². The van der Waals surface area contributed by atoms with Crippen molar-refractivity contribution in [1.29, 1.82) is 0 Å². The Morgan fingerprint density at radius 2 is 0.900 bits per heavy atom. The molecule has 0 atom stereocenters. The second-order valence-corrected chi connectivity index (χ2v) is 2.29. The fourth-order valence-electron chi connectivity index (χ4n) is 0.144. The largest absolute Gasteiger partial charge is 1.00 e. The minimum Gasteiger partial charge on any atom is -0.308 e. The van der Waals surface area contributed by atoms with Crippen molar-refractivity contribution in [1.82, 2.24) is 0 Å². The Morgan fingerprint density at radius 3 is 0.900 bits per heavy atom. The summed E-state index contributed by atoms with van der Waals surface area (Å²) >= 11 is 0. The van der Waals surface area contributed by atoms with E-state index in [-0.39, 0.29) is 27.7 Å². The molecule has 0 rings (SSSR count). The van der Waals surface area contributed by atoms with E-state index in [0.29, 0.717) is 0 Å². The first-order valence-corrected chi connectivity index (χ1v) is 2.48. The summed E-state index contributed by atoms with van der Waals surface area (Å²) in [5.41, 5.74) is 0. The van der Waals surface area contributed by atoms with Crippen LogP contribution >= 0.6 is 8.58 Å². The molecule has 0 saturated heterocycles. The van der Waals surface area contributed by atoms with E-state index in [9.17, 15) is 26.3 Å². The maximum Gasteiger partial charge on any atom is 1.00 e. The van der Waals surface area contributed by atoms with Gasteiger partial charge in [-0.05, 0) is 0 Å². The second kappa shape index (κ2) is 4.09. The number of rotatable bonds is 0. The molecule has 0 aromatic heterocycles.